The molecule has 1 aromatic carbocycles. The van der Waals surface area contributed by atoms with E-state index in [9.17, 15) is 0 Å². The molecule has 1 aromatic heterocycles. The molecule has 21 heavy (non-hydrogen) atoms. The molecule has 0 radical (unpaired) electrons. The minimum Gasteiger partial charge on any atom is -0.304 e. The van der Waals surface area contributed by atoms with Crippen LogP contribution in [0.25, 0.3) is 0 Å². The molecular weight excluding hydrogens is 258 g/mol. The van der Waals surface area contributed by atoms with E-state index in [2.05, 4.69) is 74.2 Å². The van der Waals surface area contributed by atoms with Crippen LogP contribution in [-0.4, -0.2) is 9.78 Å². The summed E-state index contributed by atoms with van der Waals surface area (Å²) in [6, 6.07) is 11.5. The van der Waals surface area contributed by atoms with Crippen LogP contribution in [0.15, 0.2) is 36.5 Å². The molecule has 1 N–H and O–H groups in total. The summed E-state index contributed by atoms with van der Waals surface area (Å²) in [7, 11) is 0. The van der Waals surface area contributed by atoms with Crippen molar-refractivity contribution in [3.05, 3.63) is 53.3 Å². The summed E-state index contributed by atoms with van der Waals surface area (Å²) in [4.78, 5) is 0. The first-order valence-corrected chi connectivity index (χ1v) is 7.98. The van der Waals surface area contributed by atoms with Crippen LogP contribution in [0.4, 0.5) is 0 Å². The molecule has 0 unspecified atom stereocenters. The number of hydrogen-bond acceptors (Lipinski definition) is 2. The van der Waals surface area contributed by atoms with Crippen molar-refractivity contribution < 1.29 is 0 Å². The number of nitrogens with one attached hydrogen (secondary N) is 1. The van der Waals surface area contributed by atoms with Crippen LogP contribution < -0.4 is 5.32 Å². The maximum atomic E-state index is 4.69. The largest absolute Gasteiger partial charge is 0.304 e. The first-order chi connectivity index (χ1) is 10.2. The molecule has 0 aliphatic carbocycles. The molecule has 3 heteroatoms. The third kappa shape index (κ3) is 3.94. The minimum atomic E-state index is 0.337. The Morgan fingerprint density at radius 2 is 1.86 bits per heavy atom. The number of aromatic nitrogens is 2. The quantitative estimate of drug-likeness (QED) is 0.817. The van der Waals surface area contributed by atoms with E-state index in [1.807, 2.05) is 0 Å². The fraction of sp³-hybridized carbons (Fsp3) is 0.500. The van der Waals surface area contributed by atoms with Crippen LogP contribution in [0.3, 0.4) is 0 Å². The highest BCUT2D eigenvalue weighted by atomic mass is 15.3. The molecule has 1 heterocycles. The molecule has 0 saturated heterocycles. The molecule has 114 valence electrons. The zero-order chi connectivity index (χ0) is 15.2. The van der Waals surface area contributed by atoms with Gasteiger partial charge in [-0.3, -0.25) is 4.68 Å². The third-order valence-electron chi connectivity index (χ3n) is 4.22. The highest BCUT2D eigenvalue weighted by Gasteiger charge is 2.10. The molecule has 2 rings (SSSR count). The Hall–Kier alpha value is -1.61. The molecule has 0 aliphatic heterocycles. The van der Waals surface area contributed by atoms with Gasteiger partial charge in [-0.25, -0.2) is 0 Å². The van der Waals surface area contributed by atoms with E-state index in [1.54, 1.807) is 0 Å². The van der Waals surface area contributed by atoms with Gasteiger partial charge in [0, 0.05) is 18.8 Å². The van der Waals surface area contributed by atoms with E-state index < -0.39 is 0 Å². The molecule has 0 amide bonds. The van der Waals surface area contributed by atoms with Gasteiger partial charge in [0.2, 0.25) is 0 Å². The Kier molecular flexibility index (Phi) is 5.57. The second kappa shape index (κ2) is 7.41. The lowest BCUT2D eigenvalue weighted by Crippen LogP contribution is -2.19. The Labute approximate surface area is 128 Å². The van der Waals surface area contributed by atoms with Crippen LogP contribution in [0, 0.1) is 6.92 Å². The summed E-state index contributed by atoms with van der Waals surface area (Å²) in [5.74, 6) is 0. The molecule has 0 fully saturated rings. The van der Waals surface area contributed by atoms with Crippen LogP contribution >= 0.6 is 0 Å². The molecule has 0 bridgehead atoms. The average Bonchev–Trinajstić information content (AvgIpc) is 2.95. The van der Waals surface area contributed by atoms with Gasteiger partial charge in [-0.05, 0) is 43.9 Å². The second-order valence-electron chi connectivity index (χ2n) is 5.72. The van der Waals surface area contributed by atoms with Crippen LogP contribution in [0.1, 0.15) is 62.5 Å². The van der Waals surface area contributed by atoms with Crippen LogP contribution in [0.5, 0.6) is 0 Å². The lowest BCUT2D eigenvalue weighted by Gasteiger charge is -2.16. The molecule has 0 saturated carbocycles. The predicted octanol–water partition coefficient (Wildman–Crippen LogP) is 4.40. The second-order valence-corrected chi connectivity index (χ2v) is 5.72. The summed E-state index contributed by atoms with van der Waals surface area (Å²) in [6.45, 7) is 9.61. The van der Waals surface area contributed by atoms with Crippen molar-refractivity contribution in [2.24, 2.45) is 0 Å². The highest BCUT2D eigenvalue weighted by Crippen LogP contribution is 2.18. The van der Waals surface area contributed by atoms with Gasteiger partial charge < -0.3 is 5.32 Å². The van der Waals surface area contributed by atoms with Crippen molar-refractivity contribution in [3.63, 3.8) is 0 Å². The van der Waals surface area contributed by atoms with Crippen molar-refractivity contribution in [1.82, 2.24) is 15.1 Å². The monoisotopic (exact) mass is 285 g/mol. The number of nitrogens with zero attached hydrogens (tertiary/aromatic N) is 2. The van der Waals surface area contributed by atoms with Gasteiger partial charge in [-0.1, -0.05) is 38.1 Å². The van der Waals surface area contributed by atoms with Gasteiger partial charge in [0.05, 0.1) is 11.7 Å². The first-order valence-electron chi connectivity index (χ1n) is 7.98. The van der Waals surface area contributed by atoms with Crippen molar-refractivity contribution >= 4 is 0 Å². The highest BCUT2D eigenvalue weighted by molar-refractivity contribution is 5.28. The summed E-state index contributed by atoms with van der Waals surface area (Å²) in [5, 5.41) is 8.26. The van der Waals surface area contributed by atoms with Crippen LogP contribution in [-0.2, 0) is 6.54 Å². The zero-order valence-electron chi connectivity index (χ0n) is 13.6. The number of aryl methyl sites for hydroxylation is 1. The Bertz CT molecular complexity index is 555. The zero-order valence-corrected chi connectivity index (χ0v) is 13.6. The van der Waals surface area contributed by atoms with Gasteiger partial charge >= 0.3 is 0 Å². The Balaban J connectivity index is 1.96. The molecule has 0 aliphatic rings. The van der Waals surface area contributed by atoms with E-state index in [-0.39, 0.29) is 0 Å². The number of hydrogen-bond donors (Lipinski definition) is 1. The Morgan fingerprint density at radius 1 is 1.14 bits per heavy atom. The standard InChI is InChI=1S/C18H27N3/c1-5-17(6-2)21-12-11-16(20-21)13-19-15(4)18-10-8-7-9-14(18)3/h7-12,15,17,19H,5-6,13H2,1-4H3/t15-/m0/s1. The van der Waals surface area contributed by atoms with E-state index in [1.165, 1.54) is 11.1 Å². The normalized spacial score (nSPS) is 12.8. The maximum absolute atomic E-state index is 4.69. The predicted molar refractivity (Wildman–Crippen MR) is 88.3 cm³/mol. The summed E-state index contributed by atoms with van der Waals surface area (Å²) >= 11 is 0. The van der Waals surface area contributed by atoms with Crippen molar-refractivity contribution in [2.75, 3.05) is 0 Å². The average molecular weight is 285 g/mol. The van der Waals surface area contributed by atoms with E-state index >= 15 is 0 Å². The fourth-order valence-corrected chi connectivity index (χ4v) is 2.78. The first kappa shape index (κ1) is 15.8. The molecule has 0 spiro atoms. The third-order valence-corrected chi connectivity index (χ3v) is 4.22. The lowest BCUT2D eigenvalue weighted by atomic mass is 10.0. The minimum absolute atomic E-state index is 0.337. The van der Waals surface area contributed by atoms with Crippen molar-refractivity contribution in [1.29, 1.82) is 0 Å². The maximum Gasteiger partial charge on any atom is 0.0762 e. The van der Waals surface area contributed by atoms with Gasteiger partial charge in [0.15, 0.2) is 0 Å². The van der Waals surface area contributed by atoms with E-state index in [0.29, 0.717) is 12.1 Å². The van der Waals surface area contributed by atoms with E-state index in [0.717, 1.165) is 25.1 Å². The summed E-state index contributed by atoms with van der Waals surface area (Å²) < 4.78 is 2.11. The SMILES string of the molecule is CCC(CC)n1ccc(CN[C@@H](C)c2ccccc2C)n1. The fourth-order valence-electron chi connectivity index (χ4n) is 2.78. The summed E-state index contributed by atoms with van der Waals surface area (Å²) in [5.41, 5.74) is 3.80. The van der Waals surface area contributed by atoms with Gasteiger partial charge in [-0.15, -0.1) is 0 Å². The van der Waals surface area contributed by atoms with Gasteiger partial charge in [0.1, 0.15) is 0 Å². The molecule has 3 nitrogen and oxygen atoms in total. The number of benzene rings is 1. The smallest absolute Gasteiger partial charge is 0.0762 e. The number of rotatable bonds is 7. The topological polar surface area (TPSA) is 29.9 Å². The van der Waals surface area contributed by atoms with Gasteiger partial charge in [0.25, 0.3) is 0 Å². The van der Waals surface area contributed by atoms with Crippen LogP contribution in [0.2, 0.25) is 0 Å². The molecule has 2 aromatic rings. The summed E-state index contributed by atoms with van der Waals surface area (Å²) in [6.07, 6.45) is 4.36. The van der Waals surface area contributed by atoms with Crippen molar-refractivity contribution in [3.8, 4) is 0 Å². The Morgan fingerprint density at radius 3 is 2.52 bits per heavy atom. The lowest BCUT2D eigenvalue weighted by molar-refractivity contribution is 0.423. The molecule has 1 atom stereocenters. The van der Waals surface area contributed by atoms with Gasteiger partial charge in [-0.2, -0.15) is 5.10 Å². The van der Waals surface area contributed by atoms with Crippen molar-refractivity contribution in [2.45, 2.75) is 59.2 Å². The van der Waals surface area contributed by atoms with E-state index in [4.69, 9.17) is 5.10 Å². The molecular formula is C18H27N3.